The molecule has 7 unspecified atom stereocenters. The molecule has 12 nitrogen and oxygen atoms in total. The van der Waals surface area contributed by atoms with Crippen molar-refractivity contribution in [3.63, 3.8) is 0 Å². The molecule has 12 heteroatoms. The molecule has 4 aliphatic heterocycles. The van der Waals surface area contributed by atoms with Gasteiger partial charge in [-0.1, -0.05) is 140 Å². The molecule has 10 rings (SSSR count). The van der Waals surface area contributed by atoms with Gasteiger partial charge in [0.2, 0.25) is 11.8 Å². The lowest BCUT2D eigenvalue weighted by atomic mass is 9.64. The maximum Gasteiger partial charge on any atom is 0.329 e. The van der Waals surface area contributed by atoms with E-state index in [9.17, 15) is 5.11 Å². The van der Waals surface area contributed by atoms with Gasteiger partial charge in [0, 0.05) is 29.8 Å². The molecule has 3 fully saturated rings. The molecule has 0 aliphatic carbocycles. The number of rotatable bonds is 10. The molecule has 0 radical (unpaired) electrons. The minimum absolute atomic E-state index is 0.0748. The highest BCUT2D eigenvalue weighted by molar-refractivity contribution is 6.24. The van der Waals surface area contributed by atoms with Crippen molar-refractivity contribution >= 4 is 29.5 Å². The Labute approximate surface area is 420 Å². The Morgan fingerprint density at radius 2 is 1.36 bits per heavy atom. The van der Waals surface area contributed by atoms with Crippen LogP contribution in [0.1, 0.15) is 102 Å². The van der Waals surface area contributed by atoms with Gasteiger partial charge in [-0.2, -0.15) is 0 Å². The van der Waals surface area contributed by atoms with Gasteiger partial charge in [0.05, 0.1) is 43.4 Å². The number of carbonyl (C=O) groups excluding carboxylic acids is 4. The van der Waals surface area contributed by atoms with Crippen LogP contribution in [-0.4, -0.2) is 78.2 Å². The largest absolute Gasteiger partial charge is 0.497 e. The Bertz CT molecular complexity index is 2990. The summed E-state index contributed by atoms with van der Waals surface area (Å²) in [5, 5.41) is 13.3. The molecule has 7 atom stereocenters. The highest BCUT2D eigenvalue weighted by atomic mass is 16.6. The molecule has 0 saturated carbocycles. The molecule has 1 spiro atoms. The van der Waals surface area contributed by atoms with Crippen molar-refractivity contribution in [2.24, 2.45) is 5.92 Å². The summed E-state index contributed by atoms with van der Waals surface area (Å²) >= 11 is 0. The van der Waals surface area contributed by atoms with E-state index in [4.69, 9.17) is 14.2 Å². The molecule has 366 valence electrons. The predicted octanol–water partition coefficient (Wildman–Crippen LogP) is 9.40. The van der Waals surface area contributed by atoms with Crippen LogP contribution in [0.15, 0.2) is 158 Å². The highest BCUT2D eigenvalue weighted by Gasteiger charge is 2.76. The topological polar surface area (TPSA) is 138 Å². The number of ether oxygens (including phenoxy) is 3. The second-order valence-corrected chi connectivity index (χ2v) is 18.9. The highest BCUT2D eigenvalue weighted by Crippen LogP contribution is 2.67. The van der Waals surface area contributed by atoms with Crippen LogP contribution in [0, 0.1) is 17.8 Å². The first-order valence-electron chi connectivity index (χ1n) is 24.9. The second kappa shape index (κ2) is 20.9. The van der Waals surface area contributed by atoms with Crippen LogP contribution in [0.25, 0.3) is 0 Å². The van der Waals surface area contributed by atoms with E-state index in [0.717, 1.165) is 54.4 Å². The average molecular weight is 963 g/mol. The minimum atomic E-state index is -2.00. The minimum Gasteiger partial charge on any atom is -0.497 e. The van der Waals surface area contributed by atoms with Gasteiger partial charge in [0.25, 0.3) is 0 Å². The summed E-state index contributed by atoms with van der Waals surface area (Å²) in [5.41, 5.74) is 2.70. The molecule has 4 heterocycles. The van der Waals surface area contributed by atoms with Crippen molar-refractivity contribution in [1.29, 1.82) is 0 Å². The monoisotopic (exact) mass is 962 g/mol. The number of urea groups is 1. The van der Waals surface area contributed by atoms with Gasteiger partial charge in [-0.3, -0.25) is 19.3 Å². The first-order chi connectivity index (χ1) is 35.2. The van der Waals surface area contributed by atoms with E-state index in [-0.39, 0.29) is 24.8 Å². The summed E-state index contributed by atoms with van der Waals surface area (Å²) < 4.78 is 18.5. The molecule has 2 N–H and O–H groups in total. The first kappa shape index (κ1) is 47.9. The average Bonchev–Trinajstić information content (AvgIpc) is 3.86. The Kier molecular flexibility index (Phi) is 13.9. The van der Waals surface area contributed by atoms with E-state index in [1.165, 1.54) is 4.90 Å². The van der Waals surface area contributed by atoms with Gasteiger partial charge in [0.15, 0.2) is 0 Å². The number of carbonyl (C=O) groups is 4. The van der Waals surface area contributed by atoms with Crippen molar-refractivity contribution in [2.75, 3.05) is 38.3 Å². The van der Waals surface area contributed by atoms with Crippen LogP contribution in [0.5, 0.6) is 11.5 Å². The molecule has 0 aromatic heterocycles. The number of amides is 4. The zero-order valence-corrected chi connectivity index (χ0v) is 40.5. The maximum atomic E-state index is 17.0. The smallest absolute Gasteiger partial charge is 0.329 e. The van der Waals surface area contributed by atoms with Gasteiger partial charge < -0.3 is 29.5 Å². The van der Waals surface area contributed by atoms with E-state index in [2.05, 4.69) is 17.2 Å². The van der Waals surface area contributed by atoms with Crippen molar-refractivity contribution in [1.82, 2.24) is 15.1 Å². The molecule has 6 aromatic carbocycles. The number of anilines is 1. The van der Waals surface area contributed by atoms with E-state index < -0.39 is 59.5 Å². The third kappa shape index (κ3) is 8.77. The summed E-state index contributed by atoms with van der Waals surface area (Å²) in [4.78, 5) is 69.4. The predicted molar refractivity (Wildman–Crippen MR) is 273 cm³/mol. The number of para-hydroxylation sites is 1. The van der Waals surface area contributed by atoms with E-state index in [1.807, 2.05) is 156 Å². The Morgan fingerprint density at radius 1 is 0.750 bits per heavy atom. The number of esters is 1. The SMILES string of the molecule is COc1ccc(C#Cc2ccc3c(c2)C2(C(=O)N3C(=O)NC(C)c3ccccc3)C(C(=O)N3CCCCCCC3)C3C(=O)OC(c4ccccc4)C(c4ccccc4)N3C2c2ccccc2OCCO)cc1. The zero-order valence-electron chi connectivity index (χ0n) is 40.5. The maximum absolute atomic E-state index is 17.0. The molecule has 4 amide bonds. The van der Waals surface area contributed by atoms with Crippen molar-refractivity contribution in [3.05, 3.63) is 197 Å². The van der Waals surface area contributed by atoms with Crippen molar-refractivity contribution < 1.29 is 38.5 Å². The molecule has 3 saturated heterocycles. The standard InChI is InChI=1S/C60H58N4O8/c1-40(43-19-9-6-10-20-43)61-59(69)63-49-34-31-42(28-27-41-29-32-46(70-2)33-30-41)39-48(49)60(58(63)68)51(56(66)62-35-17-4-3-5-18-36-62)53-57(67)72-54(45-23-13-8-14-24-45)52(44-21-11-7-12-22-44)64(53)55(60)47-25-15-16-26-50(47)71-38-37-65/h6-16,19-26,29-34,39-40,51-55,65H,3-5,17-18,35-38H2,1-2H3,(H,61,69). The third-order valence-electron chi connectivity index (χ3n) is 14.7. The van der Waals surface area contributed by atoms with Gasteiger partial charge in [-0.25, -0.2) is 9.69 Å². The van der Waals surface area contributed by atoms with Crippen LogP contribution < -0.4 is 19.7 Å². The number of aliphatic hydroxyl groups excluding tert-OH is 1. The quantitative estimate of drug-likeness (QED) is 0.102. The number of morpholine rings is 1. The summed E-state index contributed by atoms with van der Waals surface area (Å²) in [6, 6.07) is 44.2. The number of likely N-dealkylation sites (tertiary alicyclic amines) is 1. The molecule has 72 heavy (non-hydrogen) atoms. The van der Waals surface area contributed by atoms with Crippen LogP contribution in [0.3, 0.4) is 0 Å². The lowest BCUT2D eigenvalue weighted by Gasteiger charge is -2.46. The second-order valence-electron chi connectivity index (χ2n) is 18.9. The van der Waals surface area contributed by atoms with Gasteiger partial charge in [-0.05, 0) is 90.6 Å². The first-order valence-corrected chi connectivity index (χ1v) is 24.9. The number of aliphatic hydroxyl groups is 1. The third-order valence-corrected chi connectivity index (χ3v) is 14.7. The molecule has 4 aliphatic rings. The number of imide groups is 1. The fourth-order valence-corrected chi connectivity index (χ4v) is 11.5. The number of hydrogen-bond acceptors (Lipinski definition) is 9. The lowest BCUT2D eigenvalue weighted by molar-refractivity contribution is -0.179. The normalized spacial score (nSPS) is 23.1. The van der Waals surface area contributed by atoms with Gasteiger partial charge in [0.1, 0.15) is 35.7 Å². The number of fused-ring (bicyclic) bond motifs is 3. The van der Waals surface area contributed by atoms with Gasteiger partial charge >= 0.3 is 12.0 Å². The summed E-state index contributed by atoms with van der Waals surface area (Å²) in [6.07, 6.45) is 3.49. The Hall–Kier alpha value is -7.72. The number of benzene rings is 6. The molecular formula is C60H58N4O8. The summed E-state index contributed by atoms with van der Waals surface area (Å²) in [6.45, 7) is 2.34. The van der Waals surface area contributed by atoms with Crippen LogP contribution in [0.4, 0.5) is 10.5 Å². The summed E-state index contributed by atoms with van der Waals surface area (Å²) in [5.74, 6) is 4.48. The van der Waals surface area contributed by atoms with E-state index in [1.54, 1.807) is 25.3 Å². The zero-order chi connectivity index (χ0) is 49.8. The Morgan fingerprint density at radius 3 is 2.04 bits per heavy atom. The Balaban J connectivity index is 1.28. The number of cyclic esters (lactones) is 1. The van der Waals surface area contributed by atoms with Crippen LogP contribution in [-0.2, 0) is 24.5 Å². The van der Waals surface area contributed by atoms with Crippen LogP contribution in [0.2, 0.25) is 0 Å². The number of nitrogens with one attached hydrogen (secondary N) is 1. The van der Waals surface area contributed by atoms with E-state index in [0.29, 0.717) is 41.3 Å². The van der Waals surface area contributed by atoms with Crippen LogP contribution >= 0.6 is 0 Å². The van der Waals surface area contributed by atoms with Crippen molar-refractivity contribution in [3.8, 4) is 23.3 Å². The molecule has 0 bridgehead atoms. The fraction of sp³-hybridized carbons (Fsp3) is 0.300. The lowest BCUT2D eigenvalue weighted by Crippen LogP contribution is -2.57. The van der Waals surface area contributed by atoms with Gasteiger partial charge in [-0.15, -0.1) is 0 Å². The van der Waals surface area contributed by atoms with Crippen molar-refractivity contribution in [2.45, 2.75) is 74.7 Å². The molecule has 6 aromatic rings. The number of nitrogens with zero attached hydrogens (tertiary/aromatic N) is 3. The number of hydrogen-bond donors (Lipinski definition) is 2. The fourth-order valence-electron chi connectivity index (χ4n) is 11.5. The number of methoxy groups -OCH3 is 1. The molecular weight excluding hydrogens is 905 g/mol. The summed E-state index contributed by atoms with van der Waals surface area (Å²) in [7, 11) is 1.60. The van der Waals surface area contributed by atoms with E-state index >= 15 is 19.2 Å².